The van der Waals surface area contributed by atoms with Gasteiger partial charge in [0.2, 0.25) is 0 Å². The SMILES string of the molecule is OC(C1CCCOC1)C1(N2CCCCC2)CCCC1. The molecule has 19 heavy (non-hydrogen) atoms. The van der Waals surface area contributed by atoms with Crippen molar-refractivity contribution in [3.8, 4) is 0 Å². The fourth-order valence-corrected chi connectivity index (χ4v) is 4.58. The highest BCUT2D eigenvalue weighted by atomic mass is 16.5. The number of piperidine rings is 1. The van der Waals surface area contributed by atoms with E-state index in [9.17, 15) is 5.11 Å². The molecule has 0 aromatic heterocycles. The van der Waals surface area contributed by atoms with Crippen molar-refractivity contribution in [3.05, 3.63) is 0 Å². The lowest BCUT2D eigenvalue weighted by Gasteiger charge is -2.49. The van der Waals surface area contributed by atoms with Crippen LogP contribution in [0.3, 0.4) is 0 Å². The zero-order valence-corrected chi connectivity index (χ0v) is 12.1. The molecule has 2 saturated heterocycles. The Morgan fingerprint density at radius 2 is 1.74 bits per heavy atom. The smallest absolute Gasteiger partial charge is 0.0773 e. The van der Waals surface area contributed by atoms with Gasteiger partial charge in [0.05, 0.1) is 12.7 Å². The lowest BCUT2D eigenvalue weighted by molar-refractivity contribution is -0.0970. The Kier molecular flexibility index (Phi) is 4.45. The van der Waals surface area contributed by atoms with Gasteiger partial charge in [-0.05, 0) is 51.6 Å². The second-order valence-electron chi connectivity index (χ2n) is 6.78. The average Bonchev–Trinajstić information content (AvgIpc) is 2.99. The fourth-order valence-electron chi connectivity index (χ4n) is 4.58. The van der Waals surface area contributed by atoms with Crippen molar-refractivity contribution in [1.82, 2.24) is 4.90 Å². The van der Waals surface area contributed by atoms with Crippen LogP contribution in [0, 0.1) is 5.92 Å². The summed E-state index contributed by atoms with van der Waals surface area (Å²) in [6.45, 7) is 4.06. The predicted octanol–water partition coefficient (Wildman–Crippen LogP) is 2.57. The number of rotatable bonds is 3. The van der Waals surface area contributed by atoms with Crippen LogP contribution in [0.2, 0.25) is 0 Å². The Morgan fingerprint density at radius 3 is 2.37 bits per heavy atom. The monoisotopic (exact) mass is 267 g/mol. The number of hydrogen-bond donors (Lipinski definition) is 1. The molecule has 2 heterocycles. The van der Waals surface area contributed by atoms with Gasteiger partial charge in [0.15, 0.2) is 0 Å². The van der Waals surface area contributed by atoms with E-state index in [0.29, 0.717) is 5.92 Å². The molecular weight excluding hydrogens is 238 g/mol. The molecule has 1 aliphatic carbocycles. The van der Waals surface area contributed by atoms with Gasteiger partial charge in [-0.2, -0.15) is 0 Å². The van der Waals surface area contributed by atoms with Gasteiger partial charge < -0.3 is 9.84 Å². The maximum Gasteiger partial charge on any atom is 0.0773 e. The van der Waals surface area contributed by atoms with Crippen LogP contribution < -0.4 is 0 Å². The number of nitrogens with zero attached hydrogens (tertiary/aromatic N) is 1. The fraction of sp³-hybridized carbons (Fsp3) is 1.00. The average molecular weight is 267 g/mol. The first-order valence-corrected chi connectivity index (χ1v) is 8.34. The topological polar surface area (TPSA) is 32.7 Å². The summed E-state index contributed by atoms with van der Waals surface area (Å²) in [5, 5.41) is 11.1. The van der Waals surface area contributed by atoms with E-state index in [2.05, 4.69) is 4.90 Å². The minimum Gasteiger partial charge on any atom is -0.391 e. The van der Waals surface area contributed by atoms with Crippen LogP contribution in [-0.2, 0) is 4.74 Å². The van der Waals surface area contributed by atoms with Gasteiger partial charge in [-0.15, -0.1) is 0 Å². The number of likely N-dealkylation sites (tertiary alicyclic amines) is 1. The van der Waals surface area contributed by atoms with E-state index in [0.717, 1.165) is 26.1 Å². The van der Waals surface area contributed by atoms with Crippen molar-refractivity contribution in [2.45, 2.75) is 69.4 Å². The largest absolute Gasteiger partial charge is 0.391 e. The van der Waals surface area contributed by atoms with Crippen LogP contribution in [0.4, 0.5) is 0 Å². The van der Waals surface area contributed by atoms with E-state index in [-0.39, 0.29) is 11.6 Å². The van der Waals surface area contributed by atoms with E-state index in [1.165, 1.54) is 58.0 Å². The molecule has 3 heteroatoms. The van der Waals surface area contributed by atoms with Gasteiger partial charge in [0.25, 0.3) is 0 Å². The zero-order valence-electron chi connectivity index (χ0n) is 12.1. The lowest BCUT2D eigenvalue weighted by atomic mass is 9.78. The van der Waals surface area contributed by atoms with Crippen LogP contribution in [0.25, 0.3) is 0 Å². The third kappa shape index (κ3) is 2.70. The summed E-state index contributed by atoms with van der Waals surface area (Å²) in [5.41, 5.74) is 0.0891. The Morgan fingerprint density at radius 1 is 1.00 bits per heavy atom. The van der Waals surface area contributed by atoms with Gasteiger partial charge in [-0.1, -0.05) is 19.3 Å². The minimum atomic E-state index is -0.173. The highest BCUT2D eigenvalue weighted by Crippen LogP contribution is 2.43. The Balaban J connectivity index is 1.74. The van der Waals surface area contributed by atoms with Crippen LogP contribution in [0.15, 0.2) is 0 Å². The molecule has 0 radical (unpaired) electrons. The third-order valence-corrected chi connectivity index (χ3v) is 5.65. The van der Waals surface area contributed by atoms with E-state index < -0.39 is 0 Å². The van der Waals surface area contributed by atoms with Gasteiger partial charge in [0.1, 0.15) is 0 Å². The summed E-state index contributed by atoms with van der Waals surface area (Å²) in [6.07, 6.45) is 11.1. The number of ether oxygens (including phenoxy) is 1. The number of hydrogen-bond acceptors (Lipinski definition) is 3. The maximum absolute atomic E-state index is 11.1. The number of aliphatic hydroxyl groups is 1. The van der Waals surface area contributed by atoms with Crippen molar-refractivity contribution in [2.24, 2.45) is 5.92 Å². The third-order valence-electron chi connectivity index (χ3n) is 5.65. The molecule has 0 spiro atoms. The molecule has 0 bridgehead atoms. The van der Waals surface area contributed by atoms with Gasteiger partial charge in [0, 0.05) is 18.1 Å². The van der Waals surface area contributed by atoms with E-state index >= 15 is 0 Å². The second-order valence-corrected chi connectivity index (χ2v) is 6.78. The van der Waals surface area contributed by atoms with Crippen molar-refractivity contribution >= 4 is 0 Å². The normalized spacial score (nSPS) is 34.3. The molecule has 2 aliphatic heterocycles. The summed E-state index contributed by atoms with van der Waals surface area (Å²) in [7, 11) is 0. The first-order chi connectivity index (χ1) is 9.33. The molecule has 3 fully saturated rings. The Bertz CT molecular complexity index is 276. The standard InChI is InChI=1S/C16H29NO2/c18-15(14-7-6-12-19-13-14)16(8-2-3-9-16)17-10-4-1-5-11-17/h14-15,18H,1-13H2. The number of aliphatic hydroxyl groups excluding tert-OH is 1. The zero-order chi connectivity index (χ0) is 13.1. The van der Waals surface area contributed by atoms with Crippen molar-refractivity contribution in [1.29, 1.82) is 0 Å². The molecule has 0 aromatic rings. The molecule has 0 amide bonds. The van der Waals surface area contributed by atoms with Crippen LogP contribution in [-0.4, -0.2) is 48.0 Å². The first-order valence-electron chi connectivity index (χ1n) is 8.34. The Labute approximate surface area is 117 Å². The van der Waals surface area contributed by atoms with E-state index in [1.807, 2.05) is 0 Å². The second kappa shape index (κ2) is 6.11. The molecule has 110 valence electrons. The van der Waals surface area contributed by atoms with Crippen molar-refractivity contribution in [3.63, 3.8) is 0 Å². The van der Waals surface area contributed by atoms with Crippen LogP contribution >= 0.6 is 0 Å². The van der Waals surface area contributed by atoms with Crippen molar-refractivity contribution in [2.75, 3.05) is 26.3 Å². The summed E-state index contributed by atoms with van der Waals surface area (Å²) in [6, 6.07) is 0. The van der Waals surface area contributed by atoms with E-state index in [4.69, 9.17) is 4.74 Å². The summed E-state index contributed by atoms with van der Waals surface area (Å²) < 4.78 is 5.62. The van der Waals surface area contributed by atoms with Gasteiger partial charge in [-0.25, -0.2) is 0 Å². The minimum absolute atomic E-state index is 0.0891. The summed E-state index contributed by atoms with van der Waals surface area (Å²) >= 11 is 0. The molecule has 0 aromatic carbocycles. The highest BCUT2D eigenvalue weighted by molar-refractivity contribution is 5.03. The Hall–Kier alpha value is -0.120. The first kappa shape index (κ1) is 13.8. The molecule has 3 aliphatic rings. The molecular formula is C16H29NO2. The van der Waals surface area contributed by atoms with Crippen LogP contribution in [0.1, 0.15) is 57.8 Å². The summed E-state index contributed by atoms with van der Waals surface area (Å²) in [4.78, 5) is 2.64. The van der Waals surface area contributed by atoms with E-state index in [1.54, 1.807) is 0 Å². The highest BCUT2D eigenvalue weighted by Gasteiger charge is 2.48. The van der Waals surface area contributed by atoms with Gasteiger partial charge in [-0.3, -0.25) is 4.90 Å². The lowest BCUT2D eigenvalue weighted by Crippen LogP contribution is -2.59. The van der Waals surface area contributed by atoms with Crippen molar-refractivity contribution < 1.29 is 9.84 Å². The predicted molar refractivity (Wildman–Crippen MR) is 76.2 cm³/mol. The molecule has 2 atom stereocenters. The molecule has 1 N–H and O–H groups in total. The molecule has 2 unspecified atom stereocenters. The van der Waals surface area contributed by atoms with Crippen LogP contribution in [0.5, 0.6) is 0 Å². The molecule has 3 nitrogen and oxygen atoms in total. The maximum atomic E-state index is 11.1. The van der Waals surface area contributed by atoms with Gasteiger partial charge >= 0.3 is 0 Å². The molecule has 3 rings (SSSR count). The quantitative estimate of drug-likeness (QED) is 0.853. The summed E-state index contributed by atoms with van der Waals surface area (Å²) in [5.74, 6) is 0.369. The molecule has 1 saturated carbocycles.